The lowest BCUT2D eigenvalue weighted by Crippen LogP contribution is -2.26. The van der Waals surface area contributed by atoms with Crippen LogP contribution in [0.3, 0.4) is 0 Å². The Morgan fingerprint density at radius 3 is 2.20 bits per heavy atom. The molecule has 0 aliphatic heterocycles. The number of carbonyl (C=O) groups is 1. The summed E-state index contributed by atoms with van der Waals surface area (Å²) < 4.78 is 5.34. The third kappa shape index (κ3) is 6.15. The molecule has 0 bridgehead atoms. The van der Waals surface area contributed by atoms with Crippen molar-refractivity contribution in [2.45, 2.75) is 38.6 Å². The Morgan fingerprint density at radius 1 is 0.914 bits per heavy atom. The van der Waals surface area contributed by atoms with Gasteiger partial charge in [-0.15, -0.1) is 0 Å². The first-order valence-corrected chi connectivity index (χ1v) is 12.0. The van der Waals surface area contributed by atoms with Crippen LogP contribution in [-0.4, -0.2) is 34.6 Å². The van der Waals surface area contributed by atoms with Gasteiger partial charge < -0.3 is 10.1 Å². The van der Waals surface area contributed by atoms with E-state index in [9.17, 15) is 4.79 Å². The highest BCUT2D eigenvalue weighted by atomic mass is 16.5. The van der Waals surface area contributed by atoms with Gasteiger partial charge in [0.25, 0.3) is 5.91 Å². The number of carbonyl (C=O) groups excluding carboxylic acids is 1. The molecule has 180 valence electrons. The summed E-state index contributed by atoms with van der Waals surface area (Å²) in [6, 6.07) is 27.8. The lowest BCUT2D eigenvalue weighted by Gasteiger charge is -2.17. The highest BCUT2D eigenvalue weighted by Gasteiger charge is 2.24. The van der Waals surface area contributed by atoms with Gasteiger partial charge in [-0.1, -0.05) is 48.5 Å². The molecule has 0 spiro atoms. The highest BCUT2D eigenvalue weighted by Crippen LogP contribution is 2.32. The van der Waals surface area contributed by atoms with Gasteiger partial charge in [0.05, 0.1) is 18.8 Å². The van der Waals surface area contributed by atoms with E-state index in [0.717, 1.165) is 35.5 Å². The van der Waals surface area contributed by atoms with Gasteiger partial charge in [-0.05, 0) is 68.7 Å². The summed E-state index contributed by atoms with van der Waals surface area (Å²) in [5, 5.41) is 12.9. The van der Waals surface area contributed by atoms with E-state index >= 15 is 0 Å². The number of ether oxygens (including phenoxy) is 1. The molecule has 4 aromatic rings. The van der Waals surface area contributed by atoms with Crippen LogP contribution in [0.15, 0.2) is 84.9 Å². The van der Waals surface area contributed by atoms with Gasteiger partial charge in [0.2, 0.25) is 0 Å². The second kappa shape index (κ2) is 11.5. The van der Waals surface area contributed by atoms with Crippen molar-refractivity contribution >= 4 is 5.91 Å². The standard InChI is InChI=1S/C29H32N4O2/c1-21(2)33-31-27(23-14-16-26(35-3)17-15-23)28(32-33)25(20-22-10-6-4-7-11-22)18-19-30-29(34)24-12-8-5-9-13-24/h4-17,21,25H,18-20H2,1-3H3,(H,30,34). The number of hydrogen-bond acceptors (Lipinski definition) is 4. The Bertz CT molecular complexity index is 1220. The van der Waals surface area contributed by atoms with Crippen molar-refractivity contribution in [2.75, 3.05) is 13.7 Å². The number of amides is 1. The minimum absolute atomic E-state index is 0.0646. The lowest BCUT2D eigenvalue weighted by atomic mass is 9.90. The molecule has 1 atom stereocenters. The van der Waals surface area contributed by atoms with Gasteiger partial charge in [0.15, 0.2) is 0 Å². The van der Waals surface area contributed by atoms with Gasteiger partial charge in [-0.3, -0.25) is 4.79 Å². The third-order valence-corrected chi connectivity index (χ3v) is 6.01. The van der Waals surface area contributed by atoms with Crippen LogP contribution < -0.4 is 10.1 Å². The first-order valence-electron chi connectivity index (χ1n) is 12.0. The van der Waals surface area contributed by atoms with E-state index in [-0.39, 0.29) is 17.9 Å². The smallest absolute Gasteiger partial charge is 0.251 e. The predicted molar refractivity (Wildman–Crippen MR) is 139 cm³/mol. The topological polar surface area (TPSA) is 69.0 Å². The summed E-state index contributed by atoms with van der Waals surface area (Å²) in [6.45, 7) is 4.70. The van der Waals surface area contributed by atoms with Crippen LogP contribution in [0.4, 0.5) is 0 Å². The van der Waals surface area contributed by atoms with E-state index < -0.39 is 0 Å². The predicted octanol–water partition coefficient (Wildman–Crippen LogP) is 5.68. The number of nitrogens with zero attached hydrogens (tertiary/aromatic N) is 3. The molecule has 1 N–H and O–H groups in total. The van der Waals surface area contributed by atoms with Gasteiger partial charge in [0, 0.05) is 23.6 Å². The third-order valence-electron chi connectivity index (χ3n) is 6.01. The molecule has 0 saturated heterocycles. The van der Waals surface area contributed by atoms with E-state index in [1.54, 1.807) is 11.9 Å². The number of hydrogen-bond donors (Lipinski definition) is 1. The molecule has 4 rings (SSSR count). The Balaban J connectivity index is 1.63. The first kappa shape index (κ1) is 24.2. The average molecular weight is 469 g/mol. The second-order valence-electron chi connectivity index (χ2n) is 8.87. The summed E-state index contributed by atoms with van der Waals surface area (Å²) in [6.07, 6.45) is 1.55. The van der Waals surface area contributed by atoms with E-state index in [2.05, 4.69) is 43.4 Å². The fourth-order valence-corrected chi connectivity index (χ4v) is 4.08. The molecule has 0 fully saturated rings. The van der Waals surface area contributed by atoms with Gasteiger partial charge in [0.1, 0.15) is 11.4 Å². The Morgan fingerprint density at radius 2 is 1.57 bits per heavy atom. The summed E-state index contributed by atoms with van der Waals surface area (Å²) >= 11 is 0. The minimum Gasteiger partial charge on any atom is -0.497 e. The van der Waals surface area contributed by atoms with E-state index in [1.807, 2.05) is 60.7 Å². The minimum atomic E-state index is -0.0646. The van der Waals surface area contributed by atoms with Crippen LogP contribution in [0, 0.1) is 0 Å². The lowest BCUT2D eigenvalue weighted by molar-refractivity contribution is 0.0952. The Kier molecular flexibility index (Phi) is 7.93. The van der Waals surface area contributed by atoms with E-state index in [4.69, 9.17) is 14.9 Å². The molecule has 1 amide bonds. The molecule has 0 radical (unpaired) electrons. The Hall–Kier alpha value is -3.93. The maximum atomic E-state index is 12.6. The molecule has 1 aromatic heterocycles. The molecule has 0 saturated carbocycles. The van der Waals surface area contributed by atoms with Crippen molar-refractivity contribution in [3.05, 3.63) is 102 Å². The quantitative estimate of drug-likeness (QED) is 0.325. The van der Waals surface area contributed by atoms with Gasteiger partial charge >= 0.3 is 0 Å². The highest BCUT2D eigenvalue weighted by molar-refractivity contribution is 5.94. The van der Waals surface area contributed by atoms with Crippen LogP contribution in [0.2, 0.25) is 0 Å². The van der Waals surface area contributed by atoms with Gasteiger partial charge in [-0.2, -0.15) is 15.0 Å². The van der Waals surface area contributed by atoms with Crippen molar-refractivity contribution in [1.29, 1.82) is 0 Å². The zero-order valence-electron chi connectivity index (χ0n) is 20.5. The largest absolute Gasteiger partial charge is 0.497 e. The summed E-state index contributed by atoms with van der Waals surface area (Å²) in [5.41, 5.74) is 4.71. The monoisotopic (exact) mass is 468 g/mol. The molecule has 1 unspecified atom stereocenters. The van der Waals surface area contributed by atoms with Crippen molar-refractivity contribution in [3.63, 3.8) is 0 Å². The summed E-state index contributed by atoms with van der Waals surface area (Å²) in [5.74, 6) is 0.819. The van der Waals surface area contributed by atoms with Crippen LogP contribution in [0.25, 0.3) is 11.3 Å². The number of aromatic nitrogens is 3. The molecule has 1 heterocycles. The molecule has 3 aromatic carbocycles. The SMILES string of the molecule is COc1ccc(-c2nn(C(C)C)nc2C(CCNC(=O)c2ccccc2)Cc2ccccc2)cc1. The van der Waals surface area contributed by atoms with E-state index in [0.29, 0.717) is 12.1 Å². The number of benzene rings is 3. The maximum Gasteiger partial charge on any atom is 0.251 e. The fraction of sp³-hybridized carbons (Fsp3) is 0.276. The maximum absolute atomic E-state index is 12.6. The molecule has 0 aliphatic rings. The van der Waals surface area contributed by atoms with Crippen molar-refractivity contribution in [3.8, 4) is 17.0 Å². The molecule has 0 aliphatic carbocycles. The first-order chi connectivity index (χ1) is 17.0. The van der Waals surface area contributed by atoms with Crippen molar-refractivity contribution in [2.24, 2.45) is 0 Å². The zero-order valence-corrected chi connectivity index (χ0v) is 20.5. The fourth-order valence-electron chi connectivity index (χ4n) is 4.08. The van der Waals surface area contributed by atoms with Crippen LogP contribution >= 0.6 is 0 Å². The number of rotatable bonds is 10. The molecular formula is C29H32N4O2. The summed E-state index contributed by atoms with van der Waals surface area (Å²) in [4.78, 5) is 14.4. The van der Waals surface area contributed by atoms with Crippen molar-refractivity contribution in [1.82, 2.24) is 20.3 Å². The normalized spacial score (nSPS) is 11.9. The van der Waals surface area contributed by atoms with Crippen LogP contribution in [-0.2, 0) is 6.42 Å². The van der Waals surface area contributed by atoms with Gasteiger partial charge in [-0.25, -0.2) is 0 Å². The zero-order chi connectivity index (χ0) is 24.6. The van der Waals surface area contributed by atoms with Crippen molar-refractivity contribution < 1.29 is 9.53 Å². The molecule has 6 nitrogen and oxygen atoms in total. The Labute approximate surface area is 207 Å². The van der Waals surface area contributed by atoms with Crippen LogP contribution in [0.1, 0.15) is 53.8 Å². The van der Waals surface area contributed by atoms with Crippen LogP contribution in [0.5, 0.6) is 5.75 Å². The molecule has 6 heteroatoms. The summed E-state index contributed by atoms with van der Waals surface area (Å²) in [7, 11) is 1.66. The molecular weight excluding hydrogens is 436 g/mol. The molecule has 35 heavy (non-hydrogen) atoms. The average Bonchev–Trinajstić information content (AvgIpc) is 3.35. The number of nitrogens with one attached hydrogen (secondary N) is 1. The van der Waals surface area contributed by atoms with E-state index in [1.165, 1.54) is 5.56 Å². The second-order valence-corrected chi connectivity index (χ2v) is 8.87. The number of methoxy groups -OCH3 is 1.